The predicted octanol–water partition coefficient (Wildman–Crippen LogP) is 3.94. The van der Waals surface area contributed by atoms with Gasteiger partial charge in [-0.05, 0) is 36.6 Å². The van der Waals surface area contributed by atoms with Crippen LogP contribution in [0.25, 0.3) is 11.0 Å². The van der Waals surface area contributed by atoms with E-state index in [2.05, 4.69) is 21.8 Å². The number of aryl methyl sites for hydroxylation is 2. The van der Waals surface area contributed by atoms with E-state index in [-0.39, 0.29) is 5.91 Å². The third-order valence-corrected chi connectivity index (χ3v) is 3.97. The average Bonchev–Trinajstić information content (AvgIpc) is 2.88. The van der Waals surface area contributed by atoms with Crippen molar-refractivity contribution < 1.29 is 4.79 Å². The molecule has 0 fully saturated rings. The highest BCUT2D eigenvalue weighted by molar-refractivity contribution is 5.93. The maximum atomic E-state index is 12.4. The summed E-state index contributed by atoms with van der Waals surface area (Å²) in [5, 5.41) is 2.97. The fourth-order valence-corrected chi connectivity index (χ4v) is 2.77. The van der Waals surface area contributed by atoms with Gasteiger partial charge in [-0.25, -0.2) is 4.98 Å². The minimum Gasteiger partial charge on any atom is -0.310 e. The Kier molecular flexibility index (Phi) is 4.42. The second-order valence-corrected chi connectivity index (χ2v) is 5.73. The number of carbonyl (C=O) groups excluding carboxylic acids is 1. The first-order valence-corrected chi connectivity index (χ1v) is 7.98. The van der Waals surface area contributed by atoms with Crippen molar-refractivity contribution in [2.45, 2.75) is 33.2 Å². The van der Waals surface area contributed by atoms with Crippen LogP contribution in [-0.4, -0.2) is 15.5 Å². The van der Waals surface area contributed by atoms with Crippen LogP contribution in [0.2, 0.25) is 0 Å². The van der Waals surface area contributed by atoms with E-state index < -0.39 is 0 Å². The maximum Gasteiger partial charge on any atom is 0.231 e. The van der Waals surface area contributed by atoms with Gasteiger partial charge in [0.15, 0.2) is 0 Å². The van der Waals surface area contributed by atoms with Gasteiger partial charge in [-0.15, -0.1) is 0 Å². The molecule has 0 radical (unpaired) electrons. The van der Waals surface area contributed by atoms with Gasteiger partial charge >= 0.3 is 0 Å². The number of anilines is 1. The molecule has 0 aliphatic rings. The van der Waals surface area contributed by atoms with Crippen LogP contribution in [0.3, 0.4) is 0 Å². The predicted molar refractivity (Wildman–Crippen MR) is 93.5 cm³/mol. The zero-order valence-electron chi connectivity index (χ0n) is 13.5. The first-order valence-electron chi connectivity index (χ1n) is 7.98. The lowest BCUT2D eigenvalue weighted by atomic mass is 10.1. The highest BCUT2D eigenvalue weighted by Crippen LogP contribution is 2.20. The second-order valence-electron chi connectivity index (χ2n) is 5.73. The molecule has 4 nitrogen and oxygen atoms in total. The molecule has 0 aliphatic heterocycles. The summed E-state index contributed by atoms with van der Waals surface area (Å²) in [7, 11) is 0. The Bertz CT molecular complexity index is 836. The maximum absolute atomic E-state index is 12.4. The highest BCUT2D eigenvalue weighted by Gasteiger charge is 2.13. The SMILES string of the molecule is CCCn1c(NC(=O)Cc2ccccc2C)nc2ccccc21. The van der Waals surface area contributed by atoms with Crippen molar-refractivity contribution in [1.29, 1.82) is 0 Å². The number of nitrogens with zero attached hydrogens (tertiary/aromatic N) is 2. The molecule has 0 aliphatic carbocycles. The molecular weight excluding hydrogens is 286 g/mol. The van der Waals surface area contributed by atoms with Crippen molar-refractivity contribution in [2.75, 3.05) is 5.32 Å². The molecule has 0 saturated heterocycles. The molecule has 4 heteroatoms. The molecule has 0 saturated carbocycles. The van der Waals surface area contributed by atoms with E-state index >= 15 is 0 Å². The molecule has 1 heterocycles. The van der Waals surface area contributed by atoms with E-state index in [4.69, 9.17) is 0 Å². The van der Waals surface area contributed by atoms with Crippen LogP contribution in [0.1, 0.15) is 24.5 Å². The smallest absolute Gasteiger partial charge is 0.231 e. The molecule has 3 aromatic rings. The van der Waals surface area contributed by atoms with Crippen LogP contribution in [0.5, 0.6) is 0 Å². The van der Waals surface area contributed by atoms with Gasteiger partial charge in [0.05, 0.1) is 17.5 Å². The van der Waals surface area contributed by atoms with Crippen LogP contribution < -0.4 is 5.32 Å². The molecular formula is C19H21N3O. The first kappa shape index (κ1) is 15.3. The summed E-state index contributed by atoms with van der Waals surface area (Å²) in [4.78, 5) is 17.0. The number of benzene rings is 2. The van der Waals surface area contributed by atoms with Crippen LogP contribution in [-0.2, 0) is 17.8 Å². The molecule has 1 N–H and O–H groups in total. The number of amides is 1. The number of para-hydroxylation sites is 2. The largest absolute Gasteiger partial charge is 0.310 e. The van der Waals surface area contributed by atoms with E-state index in [1.165, 1.54) is 0 Å². The molecule has 1 amide bonds. The lowest BCUT2D eigenvalue weighted by molar-refractivity contribution is -0.115. The van der Waals surface area contributed by atoms with Gasteiger partial charge in [-0.2, -0.15) is 0 Å². The average molecular weight is 307 g/mol. The van der Waals surface area contributed by atoms with Crippen molar-refractivity contribution in [2.24, 2.45) is 0 Å². The van der Waals surface area contributed by atoms with Crippen LogP contribution in [0.15, 0.2) is 48.5 Å². The Balaban J connectivity index is 1.84. The third kappa shape index (κ3) is 3.26. The molecule has 0 atom stereocenters. The monoisotopic (exact) mass is 307 g/mol. The number of hydrogen-bond acceptors (Lipinski definition) is 2. The van der Waals surface area contributed by atoms with Crippen molar-refractivity contribution in [3.8, 4) is 0 Å². The van der Waals surface area contributed by atoms with Crippen molar-refractivity contribution >= 4 is 22.9 Å². The summed E-state index contributed by atoms with van der Waals surface area (Å²) >= 11 is 0. The Morgan fingerprint density at radius 2 is 1.87 bits per heavy atom. The summed E-state index contributed by atoms with van der Waals surface area (Å²) in [6, 6.07) is 15.9. The Labute approximate surface area is 136 Å². The zero-order chi connectivity index (χ0) is 16.2. The molecule has 3 rings (SSSR count). The van der Waals surface area contributed by atoms with Gasteiger partial charge in [0, 0.05) is 6.54 Å². The normalized spacial score (nSPS) is 10.9. The molecule has 0 unspecified atom stereocenters. The second kappa shape index (κ2) is 6.65. The van der Waals surface area contributed by atoms with Crippen LogP contribution >= 0.6 is 0 Å². The topological polar surface area (TPSA) is 46.9 Å². The minimum absolute atomic E-state index is 0.0352. The van der Waals surface area contributed by atoms with Crippen molar-refractivity contribution in [1.82, 2.24) is 9.55 Å². The number of aromatic nitrogens is 2. The van der Waals surface area contributed by atoms with Gasteiger partial charge in [0.25, 0.3) is 0 Å². The van der Waals surface area contributed by atoms with E-state index in [0.29, 0.717) is 12.4 Å². The Morgan fingerprint density at radius 1 is 1.13 bits per heavy atom. The lowest BCUT2D eigenvalue weighted by Crippen LogP contribution is -2.18. The Hall–Kier alpha value is -2.62. The zero-order valence-corrected chi connectivity index (χ0v) is 13.5. The molecule has 23 heavy (non-hydrogen) atoms. The summed E-state index contributed by atoms with van der Waals surface area (Å²) in [6.07, 6.45) is 1.35. The number of imidazole rings is 1. The van der Waals surface area contributed by atoms with Crippen molar-refractivity contribution in [3.63, 3.8) is 0 Å². The van der Waals surface area contributed by atoms with E-state index in [9.17, 15) is 4.79 Å². The van der Waals surface area contributed by atoms with Crippen molar-refractivity contribution in [3.05, 3.63) is 59.7 Å². The standard InChI is InChI=1S/C19H21N3O/c1-3-12-22-17-11-7-6-10-16(17)20-19(22)21-18(23)13-15-9-5-4-8-14(15)2/h4-11H,3,12-13H2,1-2H3,(H,20,21,23). The molecule has 2 aromatic carbocycles. The van der Waals surface area contributed by atoms with Gasteiger partial charge in [-0.1, -0.05) is 43.3 Å². The summed E-state index contributed by atoms with van der Waals surface area (Å²) in [5.74, 6) is 0.596. The highest BCUT2D eigenvalue weighted by atomic mass is 16.1. The van der Waals surface area contributed by atoms with Gasteiger partial charge in [-0.3, -0.25) is 10.1 Å². The molecule has 0 bridgehead atoms. The summed E-state index contributed by atoms with van der Waals surface area (Å²) in [6.45, 7) is 4.98. The third-order valence-electron chi connectivity index (χ3n) is 3.97. The molecule has 1 aromatic heterocycles. The fraction of sp³-hybridized carbons (Fsp3) is 0.263. The van der Waals surface area contributed by atoms with E-state index in [1.54, 1.807) is 0 Å². The quantitative estimate of drug-likeness (QED) is 0.776. The van der Waals surface area contributed by atoms with Gasteiger partial charge < -0.3 is 4.57 Å². The van der Waals surface area contributed by atoms with Gasteiger partial charge in [0.2, 0.25) is 11.9 Å². The molecule has 118 valence electrons. The lowest BCUT2D eigenvalue weighted by Gasteiger charge is -2.10. The minimum atomic E-state index is -0.0352. The number of carbonyl (C=O) groups is 1. The molecule has 0 spiro atoms. The van der Waals surface area contributed by atoms with Crippen LogP contribution in [0, 0.1) is 6.92 Å². The van der Waals surface area contributed by atoms with E-state index in [1.807, 2.05) is 55.5 Å². The number of fused-ring (bicyclic) bond motifs is 1. The first-order chi connectivity index (χ1) is 11.2. The number of nitrogens with one attached hydrogen (secondary N) is 1. The van der Waals surface area contributed by atoms with Crippen LogP contribution in [0.4, 0.5) is 5.95 Å². The summed E-state index contributed by atoms with van der Waals surface area (Å²) < 4.78 is 2.07. The summed E-state index contributed by atoms with van der Waals surface area (Å²) in [5.41, 5.74) is 4.14. The number of rotatable bonds is 5. The van der Waals surface area contributed by atoms with Gasteiger partial charge in [0.1, 0.15) is 0 Å². The fourth-order valence-electron chi connectivity index (χ4n) is 2.77. The number of hydrogen-bond donors (Lipinski definition) is 1. The van der Waals surface area contributed by atoms with E-state index in [0.717, 1.165) is 35.1 Å². The Morgan fingerprint density at radius 3 is 2.65 bits per heavy atom.